The van der Waals surface area contributed by atoms with Gasteiger partial charge >= 0.3 is 0 Å². The molecule has 0 aromatic rings. The molecule has 0 aromatic heterocycles. The first-order valence-electron chi connectivity index (χ1n) is 6.10. The van der Waals surface area contributed by atoms with Crippen LogP contribution >= 0.6 is 0 Å². The first-order valence-corrected chi connectivity index (χ1v) is 6.10. The fourth-order valence-corrected chi connectivity index (χ4v) is 1.88. The minimum absolute atomic E-state index is 0.0507. The van der Waals surface area contributed by atoms with Crippen molar-refractivity contribution in [3.63, 3.8) is 0 Å². The van der Waals surface area contributed by atoms with Crippen molar-refractivity contribution in [3.05, 3.63) is 0 Å². The maximum atomic E-state index is 11.8. The molecule has 98 valence electrons. The van der Waals surface area contributed by atoms with Crippen LogP contribution in [-0.4, -0.2) is 48.1 Å². The Morgan fingerprint density at radius 3 is 2.82 bits per heavy atom. The van der Waals surface area contributed by atoms with Crippen LogP contribution in [-0.2, 0) is 9.59 Å². The number of aliphatic hydroxyl groups is 1. The number of likely N-dealkylation sites (tertiary alicyclic amines) is 1. The van der Waals surface area contributed by atoms with Crippen LogP contribution in [0.3, 0.4) is 0 Å². The number of aliphatic hydroxyl groups excluding tert-OH is 1. The van der Waals surface area contributed by atoms with Crippen molar-refractivity contribution >= 4 is 11.8 Å². The van der Waals surface area contributed by atoms with E-state index in [1.807, 2.05) is 0 Å². The van der Waals surface area contributed by atoms with Gasteiger partial charge in [-0.15, -0.1) is 0 Å². The molecule has 2 N–H and O–H groups in total. The second-order valence-electron chi connectivity index (χ2n) is 5.30. The Morgan fingerprint density at radius 2 is 2.18 bits per heavy atom. The molecule has 0 bridgehead atoms. The van der Waals surface area contributed by atoms with Gasteiger partial charge in [0.15, 0.2) is 0 Å². The lowest BCUT2D eigenvalue weighted by Gasteiger charge is -2.23. The Bertz CT molecular complexity index is 289. The van der Waals surface area contributed by atoms with Gasteiger partial charge in [-0.3, -0.25) is 9.59 Å². The third-order valence-corrected chi connectivity index (χ3v) is 3.20. The third kappa shape index (κ3) is 4.73. The molecule has 17 heavy (non-hydrogen) atoms. The smallest absolute Gasteiger partial charge is 0.239 e. The van der Waals surface area contributed by atoms with Gasteiger partial charge < -0.3 is 15.3 Å². The molecular formula is C12H22N2O3. The van der Waals surface area contributed by atoms with E-state index in [1.54, 1.807) is 4.90 Å². The number of hydrogen-bond acceptors (Lipinski definition) is 3. The van der Waals surface area contributed by atoms with E-state index in [1.165, 1.54) is 0 Å². The van der Waals surface area contributed by atoms with E-state index >= 15 is 0 Å². The van der Waals surface area contributed by atoms with Gasteiger partial charge in [-0.05, 0) is 18.3 Å². The average Bonchev–Trinajstić information content (AvgIpc) is 2.39. The number of nitrogens with zero attached hydrogens (tertiary/aromatic N) is 1. The van der Waals surface area contributed by atoms with Crippen LogP contribution < -0.4 is 5.32 Å². The predicted molar refractivity (Wildman–Crippen MR) is 64.3 cm³/mol. The van der Waals surface area contributed by atoms with Gasteiger partial charge in [0.2, 0.25) is 11.8 Å². The number of amides is 2. The van der Waals surface area contributed by atoms with Gasteiger partial charge in [0.25, 0.3) is 0 Å². The Morgan fingerprint density at radius 1 is 1.47 bits per heavy atom. The molecule has 1 aliphatic heterocycles. The fourth-order valence-electron chi connectivity index (χ4n) is 1.88. The molecule has 0 aromatic carbocycles. The molecule has 0 aliphatic carbocycles. The topological polar surface area (TPSA) is 69.6 Å². The zero-order valence-corrected chi connectivity index (χ0v) is 10.7. The zero-order valence-electron chi connectivity index (χ0n) is 10.7. The molecule has 5 heteroatoms. The number of carbonyl (C=O) groups excluding carboxylic acids is 2. The Kier molecular flexibility index (Phi) is 4.93. The summed E-state index contributed by atoms with van der Waals surface area (Å²) < 4.78 is 0. The second kappa shape index (κ2) is 6.00. The summed E-state index contributed by atoms with van der Waals surface area (Å²) in [7, 11) is 0. The quantitative estimate of drug-likeness (QED) is 0.736. The summed E-state index contributed by atoms with van der Waals surface area (Å²) in [5.41, 5.74) is 0.173. The first-order chi connectivity index (χ1) is 7.94. The van der Waals surface area contributed by atoms with E-state index in [2.05, 4.69) is 19.2 Å². The van der Waals surface area contributed by atoms with Crippen LogP contribution in [0.25, 0.3) is 0 Å². The predicted octanol–water partition coefficient (Wildman–Crippen LogP) is 0.134. The molecular weight excluding hydrogens is 220 g/mol. The molecule has 0 spiro atoms. The normalized spacial score (nSPS) is 19.9. The average molecular weight is 242 g/mol. The van der Waals surface area contributed by atoms with E-state index in [0.29, 0.717) is 13.0 Å². The van der Waals surface area contributed by atoms with Crippen LogP contribution in [0.4, 0.5) is 0 Å². The largest absolute Gasteiger partial charge is 0.395 e. The number of rotatable bonds is 4. The van der Waals surface area contributed by atoms with Crippen LogP contribution in [0.1, 0.15) is 33.1 Å². The van der Waals surface area contributed by atoms with Crippen molar-refractivity contribution in [2.75, 3.05) is 26.2 Å². The van der Waals surface area contributed by atoms with Gasteiger partial charge in [-0.25, -0.2) is 0 Å². The number of nitrogens with one attached hydrogen (secondary N) is 1. The molecule has 1 heterocycles. The Labute approximate surface area is 102 Å². The Balaban J connectivity index is 2.47. The highest BCUT2D eigenvalue weighted by molar-refractivity contribution is 5.84. The summed E-state index contributed by atoms with van der Waals surface area (Å²) in [5, 5.41) is 11.1. The molecule has 0 atom stereocenters. The van der Waals surface area contributed by atoms with Crippen molar-refractivity contribution in [1.82, 2.24) is 10.2 Å². The van der Waals surface area contributed by atoms with Gasteiger partial charge in [0.05, 0.1) is 13.2 Å². The molecule has 1 aliphatic rings. The molecule has 0 saturated carbocycles. The Hall–Kier alpha value is -1.10. The van der Waals surface area contributed by atoms with E-state index < -0.39 is 0 Å². The maximum absolute atomic E-state index is 11.8. The minimum Gasteiger partial charge on any atom is -0.395 e. The molecule has 0 radical (unpaired) electrons. The highest BCUT2D eigenvalue weighted by Crippen LogP contribution is 2.30. The van der Waals surface area contributed by atoms with Crippen LogP contribution in [0.5, 0.6) is 0 Å². The molecule has 2 amide bonds. The van der Waals surface area contributed by atoms with E-state index in [-0.39, 0.29) is 36.9 Å². The molecule has 5 nitrogen and oxygen atoms in total. The van der Waals surface area contributed by atoms with Gasteiger partial charge in [0.1, 0.15) is 0 Å². The molecule has 1 saturated heterocycles. The number of hydrogen-bond donors (Lipinski definition) is 2. The highest BCUT2D eigenvalue weighted by atomic mass is 16.3. The van der Waals surface area contributed by atoms with Gasteiger partial charge in [-0.1, -0.05) is 13.8 Å². The first kappa shape index (κ1) is 14.0. The third-order valence-electron chi connectivity index (χ3n) is 3.20. The van der Waals surface area contributed by atoms with E-state index in [9.17, 15) is 9.59 Å². The monoisotopic (exact) mass is 242 g/mol. The minimum atomic E-state index is -0.202. The van der Waals surface area contributed by atoms with Gasteiger partial charge in [-0.2, -0.15) is 0 Å². The molecule has 1 fully saturated rings. The summed E-state index contributed by atoms with van der Waals surface area (Å²) in [5.74, 6) is -0.151. The maximum Gasteiger partial charge on any atom is 0.239 e. The lowest BCUT2D eigenvalue weighted by molar-refractivity contribution is -0.135. The second-order valence-corrected chi connectivity index (χ2v) is 5.30. The van der Waals surface area contributed by atoms with Crippen molar-refractivity contribution in [1.29, 1.82) is 0 Å². The van der Waals surface area contributed by atoms with Gasteiger partial charge in [0, 0.05) is 19.5 Å². The summed E-state index contributed by atoms with van der Waals surface area (Å²) in [6.45, 7) is 5.21. The van der Waals surface area contributed by atoms with Crippen molar-refractivity contribution in [2.24, 2.45) is 5.41 Å². The fraction of sp³-hybridized carbons (Fsp3) is 0.833. The highest BCUT2D eigenvalue weighted by Gasteiger charge is 2.28. The van der Waals surface area contributed by atoms with Crippen molar-refractivity contribution in [3.8, 4) is 0 Å². The summed E-state index contributed by atoms with van der Waals surface area (Å²) >= 11 is 0. The van der Waals surface area contributed by atoms with Crippen LogP contribution in [0.2, 0.25) is 0 Å². The van der Waals surface area contributed by atoms with Crippen molar-refractivity contribution < 1.29 is 14.7 Å². The summed E-state index contributed by atoms with van der Waals surface area (Å²) in [6.07, 6.45) is 2.31. The molecule has 0 unspecified atom stereocenters. The summed E-state index contributed by atoms with van der Waals surface area (Å²) in [6, 6.07) is 0. The zero-order chi connectivity index (χ0) is 12.9. The lowest BCUT2D eigenvalue weighted by atomic mass is 9.85. The van der Waals surface area contributed by atoms with Crippen molar-refractivity contribution in [2.45, 2.75) is 33.1 Å². The van der Waals surface area contributed by atoms with E-state index in [4.69, 9.17) is 5.11 Å². The lowest BCUT2D eigenvalue weighted by Crippen LogP contribution is -2.41. The standard InChI is InChI=1S/C12H22N2O3/c1-12(2)4-3-11(17)14(7-5-12)9-10(16)13-6-8-15/h15H,3-9H2,1-2H3,(H,13,16). The van der Waals surface area contributed by atoms with E-state index in [0.717, 1.165) is 12.8 Å². The SMILES string of the molecule is CC1(C)CCC(=O)N(CC(=O)NCCO)CC1. The summed E-state index contributed by atoms with van der Waals surface area (Å²) in [4.78, 5) is 24.9. The van der Waals surface area contributed by atoms with Crippen LogP contribution in [0, 0.1) is 5.41 Å². The molecule has 1 rings (SSSR count). The number of carbonyl (C=O) groups is 2. The van der Waals surface area contributed by atoms with Crippen LogP contribution in [0.15, 0.2) is 0 Å².